The molecule has 0 bridgehead atoms. The lowest BCUT2D eigenvalue weighted by Crippen LogP contribution is -2.33. The minimum atomic E-state index is -0.199. The molecule has 1 fully saturated rings. The second-order valence-electron chi connectivity index (χ2n) is 7.64. The second kappa shape index (κ2) is 8.32. The van der Waals surface area contributed by atoms with E-state index >= 15 is 0 Å². The van der Waals surface area contributed by atoms with Gasteiger partial charge in [0.1, 0.15) is 5.84 Å². The van der Waals surface area contributed by atoms with Gasteiger partial charge in [0.2, 0.25) is 5.13 Å². The van der Waals surface area contributed by atoms with Gasteiger partial charge in [-0.3, -0.25) is 4.79 Å². The minimum absolute atomic E-state index is 0.129. The Morgan fingerprint density at radius 3 is 2.48 bits per heavy atom. The predicted molar refractivity (Wildman–Crippen MR) is 124 cm³/mol. The Balaban J connectivity index is 1.55. The number of amidine groups is 1. The summed E-state index contributed by atoms with van der Waals surface area (Å²) in [7, 11) is 0. The van der Waals surface area contributed by atoms with E-state index in [1.807, 2.05) is 53.4 Å². The highest BCUT2D eigenvalue weighted by atomic mass is 32.1. The molecule has 1 saturated heterocycles. The Kier molecular flexibility index (Phi) is 5.23. The van der Waals surface area contributed by atoms with Gasteiger partial charge in [-0.25, -0.2) is 14.8 Å². The van der Waals surface area contributed by atoms with Crippen LogP contribution in [-0.2, 0) is 4.79 Å². The molecule has 0 radical (unpaired) electrons. The summed E-state index contributed by atoms with van der Waals surface area (Å²) in [6.45, 7) is 9.18. The summed E-state index contributed by atoms with van der Waals surface area (Å²) in [6.07, 6.45) is 4.24. The molecule has 6 nitrogen and oxygen atoms in total. The molecule has 5 rings (SSSR count). The molecule has 0 saturated carbocycles. The minimum Gasteiger partial charge on any atom is -0.348 e. The Bertz CT molecular complexity index is 1230. The van der Waals surface area contributed by atoms with E-state index in [-0.39, 0.29) is 11.6 Å². The average Bonchev–Trinajstić information content (AvgIpc) is 3.24. The number of hydrogen-bond acceptors (Lipinski definition) is 4. The fraction of sp³-hybridized carbons (Fsp3) is 0.250. The van der Waals surface area contributed by atoms with Gasteiger partial charge in [-0.2, -0.15) is 0 Å². The van der Waals surface area contributed by atoms with Crippen LogP contribution in [0.2, 0.25) is 0 Å². The lowest BCUT2D eigenvalue weighted by Gasteiger charge is -2.20. The number of benzene rings is 2. The molecule has 0 unspecified atom stereocenters. The van der Waals surface area contributed by atoms with Gasteiger partial charge in [-0.1, -0.05) is 60.6 Å². The first-order chi connectivity index (χ1) is 15.2. The molecule has 0 atom stereocenters. The smallest absolute Gasteiger partial charge is 0.273 e. The molecule has 1 amide bonds. The monoisotopic (exact) mass is 427 g/mol. The molecule has 7 heteroatoms. The van der Waals surface area contributed by atoms with Gasteiger partial charge in [-0.05, 0) is 30.5 Å². The number of carbonyl (C=O) groups is 1. The van der Waals surface area contributed by atoms with Gasteiger partial charge in [0.25, 0.3) is 11.6 Å². The Labute approximate surface area is 184 Å². The van der Waals surface area contributed by atoms with Crippen LogP contribution in [0, 0.1) is 6.57 Å². The summed E-state index contributed by atoms with van der Waals surface area (Å²) in [6, 6.07) is 15.7. The maximum Gasteiger partial charge on any atom is 0.273 e. The van der Waals surface area contributed by atoms with E-state index in [1.54, 1.807) is 0 Å². The third-order valence-corrected chi connectivity index (χ3v) is 6.56. The lowest BCUT2D eigenvalue weighted by molar-refractivity contribution is -0.126. The van der Waals surface area contributed by atoms with Crippen LogP contribution < -0.4 is 5.32 Å². The van der Waals surface area contributed by atoms with E-state index < -0.39 is 0 Å². The average molecular weight is 428 g/mol. The SMILES string of the molecule is [C-]#[N+]/C(C(=O)N1CCCCCC1)=C1/NC(=Nc2nc3ccccc3s2)c2ccccc21. The molecule has 3 heterocycles. The molecular weight excluding hydrogens is 406 g/mol. The van der Waals surface area contributed by atoms with Crippen molar-refractivity contribution in [2.75, 3.05) is 13.1 Å². The summed E-state index contributed by atoms with van der Waals surface area (Å²) < 4.78 is 1.07. The topological polar surface area (TPSA) is 62.0 Å². The molecule has 154 valence electrons. The summed E-state index contributed by atoms with van der Waals surface area (Å²) in [5, 5.41) is 3.91. The van der Waals surface area contributed by atoms with Crippen molar-refractivity contribution in [2.45, 2.75) is 25.7 Å². The van der Waals surface area contributed by atoms with E-state index in [0.29, 0.717) is 29.8 Å². The third-order valence-electron chi connectivity index (χ3n) is 5.63. The highest BCUT2D eigenvalue weighted by molar-refractivity contribution is 7.22. The first kappa shape index (κ1) is 19.5. The number of likely N-dealkylation sites (tertiary alicyclic amines) is 1. The lowest BCUT2D eigenvalue weighted by atomic mass is 10.1. The van der Waals surface area contributed by atoms with Gasteiger partial charge in [-0.15, -0.1) is 0 Å². The van der Waals surface area contributed by atoms with E-state index in [4.69, 9.17) is 11.6 Å². The van der Waals surface area contributed by atoms with Crippen molar-refractivity contribution < 1.29 is 4.79 Å². The van der Waals surface area contributed by atoms with Gasteiger partial charge >= 0.3 is 0 Å². The zero-order chi connectivity index (χ0) is 21.2. The largest absolute Gasteiger partial charge is 0.348 e. The third kappa shape index (κ3) is 3.71. The first-order valence-corrected chi connectivity index (χ1v) is 11.3. The van der Waals surface area contributed by atoms with Crippen molar-refractivity contribution in [3.63, 3.8) is 0 Å². The van der Waals surface area contributed by atoms with Crippen molar-refractivity contribution in [2.24, 2.45) is 4.99 Å². The molecule has 2 aliphatic heterocycles. The zero-order valence-electron chi connectivity index (χ0n) is 17.0. The number of aliphatic imine (C=N–C) groups is 1. The number of carbonyl (C=O) groups excluding carboxylic acids is 1. The predicted octanol–water partition coefficient (Wildman–Crippen LogP) is 4.97. The first-order valence-electron chi connectivity index (χ1n) is 10.5. The van der Waals surface area contributed by atoms with Crippen LogP contribution in [0.25, 0.3) is 20.8 Å². The molecule has 0 aliphatic carbocycles. The van der Waals surface area contributed by atoms with Gasteiger partial charge in [0.05, 0.1) is 22.5 Å². The van der Waals surface area contributed by atoms with Crippen LogP contribution in [-0.4, -0.2) is 34.7 Å². The Morgan fingerprint density at radius 2 is 1.74 bits per heavy atom. The van der Waals surface area contributed by atoms with Crippen molar-refractivity contribution in [1.29, 1.82) is 0 Å². The summed E-state index contributed by atoms with van der Waals surface area (Å²) in [5.41, 5.74) is 3.29. The number of para-hydroxylation sites is 1. The normalized spacial score (nSPS) is 18.9. The maximum atomic E-state index is 13.2. The fourth-order valence-corrected chi connectivity index (χ4v) is 4.92. The molecule has 31 heavy (non-hydrogen) atoms. The van der Waals surface area contributed by atoms with Crippen molar-refractivity contribution in [3.05, 3.63) is 76.8 Å². The van der Waals surface area contributed by atoms with Gasteiger partial charge in [0, 0.05) is 18.7 Å². The number of fused-ring (bicyclic) bond motifs is 2. The summed E-state index contributed by atoms with van der Waals surface area (Å²) in [4.78, 5) is 28.0. The van der Waals surface area contributed by atoms with Crippen LogP contribution in [0.3, 0.4) is 0 Å². The highest BCUT2D eigenvalue weighted by Gasteiger charge is 2.30. The number of aromatic nitrogens is 1. The number of hydrogen-bond donors (Lipinski definition) is 1. The molecular formula is C24H21N5OS. The standard InChI is InChI=1S/C24H21N5OS/c1-25-21(23(30)29-14-8-2-3-9-15-29)20-16-10-4-5-11-17(16)22(27-20)28-24-26-18-12-6-7-13-19(18)31-24/h4-7,10-13H,2-3,8-9,14-15H2,(H,26,27,28)/b21-20+. The van der Waals surface area contributed by atoms with Crippen LogP contribution in [0.15, 0.2) is 59.2 Å². The zero-order valence-corrected chi connectivity index (χ0v) is 17.8. The Morgan fingerprint density at radius 1 is 1.03 bits per heavy atom. The molecule has 1 N–H and O–H groups in total. The van der Waals surface area contributed by atoms with Crippen molar-refractivity contribution >= 4 is 44.1 Å². The summed E-state index contributed by atoms with van der Waals surface area (Å²) in [5.74, 6) is 0.421. The van der Waals surface area contributed by atoms with Gasteiger partial charge in [0.15, 0.2) is 0 Å². The number of rotatable bonds is 2. The van der Waals surface area contributed by atoms with Gasteiger partial charge < -0.3 is 10.2 Å². The molecule has 3 aromatic rings. The second-order valence-corrected chi connectivity index (χ2v) is 8.65. The summed E-state index contributed by atoms with van der Waals surface area (Å²) >= 11 is 1.52. The maximum absolute atomic E-state index is 13.2. The number of nitrogens with zero attached hydrogens (tertiary/aromatic N) is 4. The quantitative estimate of drug-likeness (QED) is 0.464. The van der Waals surface area contributed by atoms with E-state index in [0.717, 1.165) is 47.0 Å². The molecule has 2 aliphatic rings. The van der Waals surface area contributed by atoms with Crippen LogP contribution in [0.4, 0.5) is 5.13 Å². The molecule has 0 spiro atoms. The number of amides is 1. The molecule has 2 aromatic carbocycles. The number of nitrogens with one attached hydrogen (secondary N) is 1. The van der Waals surface area contributed by atoms with Crippen LogP contribution >= 0.6 is 11.3 Å². The van der Waals surface area contributed by atoms with Crippen LogP contribution in [0.5, 0.6) is 0 Å². The van der Waals surface area contributed by atoms with E-state index in [1.165, 1.54) is 11.3 Å². The van der Waals surface area contributed by atoms with Crippen molar-refractivity contribution in [1.82, 2.24) is 15.2 Å². The molecule has 1 aromatic heterocycles. The highest BCUT2D eigenvalue weighted by Crippen LogP contribution is 2.33. The van der Waals surface area contributed by atoms with E-state index in [2.05, 4.69) is 15.1 Å². The number of thiazole rings is 1. The van der Waals surface area contributed by atoms with E-state index in [9.17, 15) is 4.79 Å². The fourth-order valence-electron chi connectivity index (χ4n) is 4.07. The van der Waals surface area contributed by atoms with Crippen LogP contribution in [0.1, 0.15) is 36.8 Å². The Hall–Kier alpha value is -3.50. The van der Waals surface area contributed by atoms with Crippen molar-refractivity contribution in [3.8, 4) is 0 Å².